The maximum absolute atomic E-state index is 5.41. The fraction of sp³-hybridized carbons (Fsp3) is 0.353. The predicted octanol–water partition coefficient (Wildman–Crippen LogP) is 2.18. The van der Waals surface area contributed by atoms with Crippen LogP contribution >= 0.6 is 0 Å². The number of rotatable bonds is 7. The molecule has 0 bridgehead atoms. The molecule has 3 aromatic rings. The van der Waals surface area contributed by atoms with Crippen molar-refractivity contribution in [1.29, 1.82) is 0 Å². The highest BCUT2D eigenvalue weighted by Gasteiger charge is 2.17. The second-order valence-corrected chi connectivity index (χ2v) is 5.72. The number of ether oxygens (including phenoxy) is 2. The van der Waals surface area contributed by atoms with Crippen molar-refractivity contribution in [3.05, 3.63) is 42.5 Å². The Morgan fingerprint density at radius 2 is 2.16 bits per heavy atom. The third kappa shape index (κ3) is 3.48. The molecule has 0 aliphatic carbocycles. The van der Waals surface area contributed by atoms with E-state index < -0.39 is 0 Å². The molecule has 0 saturated carbocycles. The lowest BCUT2D eigenvalue weighted by Gasteiger charge is -2.17. The Kier molecular flexibility index (Phi) is 4.34. The van der Waals surface area contributed by atoms with E-state index in [2.05, 4.69) is 27.1 Å². The fourth-order valence-corrected chi connectivity index (χ4v) is 2.69. The second-order valence-electron chi connectivity index (χ2n) is 5.72. The lowest BCUT2D eigenvalue weighted by molar-refractivity contribution is 0.174. The molecule has 1 aliphatic rings. The number of nitrogens with zero attached hydrogens (tertiary/aromatic N) is 5. The molecule has 1 aromatic carbocycles. The quantitative estimate of drug-likeness (QED) is 0.652. The second kappa shape index (κ2) is 6.94. The third-order valence-electron chi connectivity index (χ3n) is 4.11. The molecule has 2 aromatic heterocycles. The maximum Gasteiger partial charge on any atom is 0.241 e. The minimum absolute atomic E-state index is 0.248. The number of fused-ring (bicyclic) bond motifs is 1. The van der Waals surface area contributed by atoms with E-state index in [1.807, 2.05) is 35.1 Å². The van der Waals surface area contributed by atoms with E-state index in [1.54, 1.807) is 6.20 Å². The average Bonchev–Trinajstić information content (AvgIpc) is 3.39. The zero-order valence-corrected chi connectivity index (χ0v) is 14.0. The summed E-state index contributed by atoms with van der Waals surface area (Å²) >= 11 is 0. The number of hydrogen-bond acceptors (Lipinski definition) is 7. The molecule has 4 rings (SSSR count). The van der Waals surface area contributed by atoms with Crippen LogP contribution in [0.5, 0.6) is 11.5 Å². The zero-order valence-electron chi connectivity index (χ0n) is 14.0. The monoisotopic (exact) mass is 341 g/mol. The highest BCUT2D eigenvalue weighted by Crippen LogP contribution is 2.35. The molecule has 0 radical (unpaired) electrons. The molecule has 1 aliphatic heterocycles. The van der Waals surface area contributed by atoms with Gasteiger partial charge in [0.15, 0.2) is 11.5 Å². The van der Waals surface area contributed by atoms with Crippen molar-refractivity contribution in [2.24, 2.45) is 0 Å². The summed E-state index contributed by atoms with van der Waals surface area (Å²) in [5, 5.41) is 8.30. The van der Waals surface area contributed by atoms with Crippen LogP contribution in [0.4, 0.5) is 0 Å². The van der Waals surface area contributed by atoms with E-state index in [4.69, 9.17) is 14.0 Å². The van der Waals surface area contributed by atoms with Gasteiger partial charge in [0.05, 0.1) is 13.1 Å². The van der Waals surface area contributed by atoms with Crippen LogP contribution in [-0.2, 0) is 13.1 Å². The van der Waals surface area contributed by atoms with Gasteiger partial charge in [0.1, 0.15) is 0 Å². The maximum atomic E-state index is 5.41. The summed E-state index contributed by atoms with van der Waals surface area (Å²) in [5.74, 6) is 2.59. The van der Waals surface area contributed by atoms with Crippen molar-refractivity contribution in [1.82, 2.24) is 24.8 Å². The lowest BCUT2D eigenvalue weighted by Crippen LogP contribution is -2.27. The number of likely N-dealkylation sites (N-methyl/N-ethyl adjacent to an activating group) is 1. The van der Waals surface area contributed by atoms with E-state index in [0.29, 0.717) is 24.0 Å². The Bertz CT molecular complexity index is 831. The number of benzene rings is 1. The van der Waals surface area contributed by atoms with Gasteiger partial charge in [0.2, 0.25) is 18.5 Å². The van der Waals surface area contributed by atoms with E-state index in [0.717, 1.165) is 30.9 Å². The van der Waals surface area contributed by atoms with E-state index in [-0.39, 0.29) is 6.79 Å². The van der Waals surface area contributed by atoms with Crippen molar-refractivity contribution in [2.75, 3.05) is 19.9 Å². The number of aromatic nitrogens is 4. The summed E-state index contributed by atoms with van der Waals surface area (Å²) in [6, 6.07) is 7.55. The van der Waals surface area contributed by atoms with Crippen molar-refractivity contribution in [2.45, 2.75) is 20.0 Å². The molecule has 0 N–H and O–H groups in total. The first-order chi connectivity index (χ1) is 12.3. The zero-order chi connectivity index (χ0) is 17.1. The largest absolute Gasteiger partial charge is 0.454 e. The molecule has 0 atom stereocenters. The first-order valence-corrected chi connectivity index (χ1v) is 8.24. The SMILES string of the molecule is CCN(CCn1cccn1)Cc1nc(-c2ccc3c(c2)OCO3)no1. The van der Waals surface area contributed by atoms with Crippen molar-refractivity contribution in [3.63, 3.8) is 0 Å². The normalized spacial score (nSPS) is 12.9. The molecular weight excluding hydrogens is 322 g/mol. The van der Waals surface area contributed by atoms with Gasteiger partial charge in [-0.25, -0.2) is 0 Å². The highest BCUT2D eigenvalue weighted by molar-refractivity contribution is 5.61. The van der Waals surface area contributed by atoms with Gasteiger partial charge in [0.25, 0.3) is 0 Å². The van der Waals surface area contributed by atoms with E-state index >= 15 is 0 Å². The van der Waals surface area contributed by atoms with E-state index in [9.17, 15) is 0 Å². The van der Waals surface area contributed by atoms with Crippen LogP contribution in [0.2, 0.25) is 0 Å². The molecule has 0 amide bonds. The summed E-state index contributed by atoms with van der Waals surface area (Å²) in [6.45, 7) is 5.54. The summed E-state index contributed by atoms with van der Waals surface area (Å²) in [5.41, 5.74) is 0.846. The average molecular weight is 341 g/mol. The van der Waals surface area contributed by atoms with Gasteiger partial charge in [-0.05, 0) is 30.8 Å². The topological polar surface area (TPSA) is 78.4 Å². The van der Waals surface area contributed by atoms with Crippen LogP contribution in [-0.4, -0.2) is 44.7 Å². The molecule has 8 heteroatoms. The Balaban J connectivity index is 1.41. The highest BCUT2D eigenvalue weighted by atomic mass is 16.7. The predicted molar refractivity (Wildman–Crippen MR) is 89.0 cm³/mol. The van der Waals surface area contributed by atoms with Gasteiger partial charge in [0, 0.05) is 24.5 Å². The molecule has 25 heavy (non-hydrogen) atoms. The Morgan fingerprint density at radius 3 is 3.00 bits per heavy atom. The van der Waals surface area contributed by atoms with Crippen molar-refractivity contribution in [3.8, 4) is 22.9 Å². The van der Waals surface area contributed by atoms with Crippen LogP contribution in [0.25, 0.3) is 11.4 Å². The smallest absolute Gasteiger partial charge is 0.241 e. The van der Waals surface area contributed by atoms with Gasteiger partial charge in [-0.15, -0.1) is 0 Å². The molecule has 0 saturated heterocycles. The summed E-state index contributed by atoms with van der Waals surface area (Å²) in [7, 11) is 0. The van der Waals surface area contributed by atoms with Gasteiger partial charge < -0.3 is 14.0 Å². The van der Waals surface area contributed by atoms with Crippen LogP contribution < -0.4 is 9.47 Å². The van der Waals surface area contributed by atoms with Gasteiger partial charge in [-0.3, -0.25) is 9.58 Å². The van der Waals surface area contributed by atoms with Crippen LogP contribution in [0.3, 0.4) is 0 Å². The Hall–Kier alpha value is -2.87. The molecule has 130 valence electrons. The van der Waals surface area contributed by atoms with Crippen molar-refractivity contribution >= 4 is 0 Å². The minimum Gasteiger partial charge on any atom is -0.454 e. The molecule has 3 heterocycles. The Labute approximate surface area is 145 Å². The minimum atomic E-state index is 0.248. The molecule has 0 spiro atoms. The standard InChI is InChI=1S/C17H19N5O3/c1-2-21(8-9-22-7-3-6-18-22)11-16-19-17(20-25-16)13-4-5-14-15(10-13)24-12-23-14/h3-7,10H,2,8-9,11-12H2,1H3. The van der Waals surface area contributed by atoms with Crippen molar-refractivity contribution < 1.29 is 14.0 Å². The fourth-order valence-electron chi connectivity index (χ4n) is 2.69. The van der Waals surface area contributed by atoms with Gasteiger partial charge in [-0.2, -0.15) is 10.1 Å². The van der Waals surface area contributed by atoms with Crippen LogP contribution in [0.15, 0.2) is 41.2 Å². The first-order valence-electron chi connectivity index (χ1n) is 8.24. The summed E-state index contributed by atoms with van der Waals surface area (Å²) in [4.78, 5) is 6.74. The van der Waals surface area contributed by atoms with E-state index in [1.165, 1.54) is 0 Å². The molecular formula is C17H19N5O3. The summed E-state index contributed by atoms with van der Waals surface area (Å²) in [6.07, 6.45) is 3.74. The van der Waals surface area contributed by atoms with Crippen LogP contribution in [0, 0.1) is 0 Å². The van der Waals surface area contributed by atoms with Gasteiger partial charge in [-0.1, -0.05) is 12.1 Å². The number of hydrogen-bond donors (Lipinski definition) is 0. The Morgan fingerprint density at radius 1 is 1.24 bits per heavy atom. The molecule has 0 unspecified atom stereocenters. The lowest BCUT2D eigenvalue weighted by atomic mass is 10.2. The molecule has 0 fully saturated rings. The van der Waals surface area contributed by atoms with Gasteiger partial charge >= 0.3 is 0 Å². The first kappa shape index (κ1) is 15.6. The third-order valence-corrected chi connectivity index (χ3v) is 4.11. The molecule has 8 nitrogen and oxygen atoms in total. The summed E-state index contributed by atoms with van der Waals surface area (Å²) < 4.78 is 18.0. The van der Waals surface area contributed by atoms with Crippen LogP contribution in [0.1, 0.15) is 12.8 Å².